The first-order valence-electron chi connectivity index (χ1n) is 13.6. The van der Waals surface area contributed by atoms with E-state index in [-0.39, 0.29) is 24.7 Å². The molecule has 5 heterocycles. The van der Waals surface area contributed by atoms with Crippen LogP contribution in [0.3, 0.4) is 0 Å². The molecule has 0 spiro atoms. The third-order valence-electron chi connectivity index (χ3n) is 8.60. The van der Waals surface area contributed by atoms with Gasteiger partial charge in [0.15, 0.2) is 11.5 Å². The zero-order chi connectivity index (χ0) is 28.5. The van der Waals surface area contributed by atoms with E-state index in [0.717, 1.165) is 16.6 Å². The lowest BCUT2D eigenvalue weighted by Gasteiger charge is -2.49. The number of aliphatic hydroxyl groups excluding tert-OH is 1. The highest BCUT2D eigenvalue weighted by Crippen LogP contribution is 2.45. The van der Waals surface area contributed by atoms with Gasteiger partial charge in [-0.1, -0.05) is 0 Å². The van der Waals surface area contributed by atoms with Crippen molar-refractivity contribution in [2.45, 2.75) is 50.3 Å². The SMILES string of the molecule is Cn1ncc2cc(-c3cc(Cn4cnc5c(N)ncnc54)c(N4CCCC5C4CCC(F)(F)[C@@H]5O)cn3)c(F)cc21. The first-order valence-corrected chi connectivity index (χ1v) is 13.6. The fraction of sp³-hybridized carbons (Fsp3) is 0.393. The van der Waals surface area contributed by atoms with Crippen molar-refractivity contribution < 1.29 is 18.3 Å². The van der Waals surface area contributed by atoms with E-state index in [1.807, 2.05) is 10.6 Å². The number of aromatic nitrogens is 7. The molecule has 212 valence electrons. The Morgan fingerprint density at radius 2 is 1.95 bits per heavy atom. The molecule has 3 atom stereocenters. The zero-order valence-electron chi connectivity index (χ0n) is 22.3. The predicted octanol–water partition coefficient (Wildman–Crippen LogP) is 3.92. The number of nitrogens with zero attached hydrogens (tertiary/aromatic N) is 8. The summed E-state index contributed by atoms with van der Waals surface area (Å²) in [6.45, 7) is 0.921. The Balaban J connectivity index is 1.34. The molecule has 1 aliphatic carbocycles. The van der Waals surface area contributed by atoms with Crippen LogP contribution in [-0.2, 0) is 13.6 Å². The Labute approximate surface area is 232 Å². The maximum absolute atomic E-state index is 15.4. The van der Waals surface area contributed by atoms with Gasteiger partial charge in [-0.2, -0.15) is 5.10 Å². The zero-order valence-corrected chi connectivity index (χ0v) is 22.3. The molecular formula is C28H28F3N9O. The Morgan fingerprint density at radius 3 is 2.80 bits per heavy atom. The standard InChI is InChI=1S/C28H28F3N9O/c1-38-22-9-19(29)18(7-15(22)10-37-38)20-8-16(12-39-14-36-24-26(32)34-13-35-27(24)39)23(11-33-20)40-6-2-3-17-21(40)4-5-28(30,31)25(17)41/h7-11,13-14,17,21,25,41H,2-6,12H2,1H3,(H2,32,34,35)/t17?,21?,25-/m1/s1. The number of rotatable bonds is 4. The highest BCUT2D eigenvalue weighted by Gasteiger charge is 2.52. The molecule has 10 nitrogen and oxygen atoms in total. The summed E-state index contributed by atoms with van der Waals surface area (Å²) < 4.78 is 47.7. The van der Waals surface area contributed by atoms with Crippen molar-refractivity contribution in [3.8, 4) is 11.3 Å². The molecule has 0 bridgehead atoms. The number of halogens is 3. The lowest BCUT2D eigenvalue weighted by Crippen LogP contribution is -2.58. The second kappa shape index (κ2) is 9.40. The molecule has 7 rings (SSSR count). The highest BCUT2D eigenvalue weighted by atomic mass is 19.3. The van der Waals surface area contributed by atoms with E-state index in [1.54, 1.807) is 36.5 Å². The van der Waals surface area contributed by atoms with Crippen molar-refractivity contribution in [1.29, 1.82) is 0 Å². The minimum Gasteiger partial charge on any atom is -0.386 e. The first-order chi connectivity index (χ1) is 19.7. The summed E-state index contributed by atoms with van der Waals surface area (Å²) in [7, 11) is 1.75. The van der Waals surface area contributed by atoms with Crippen LogP contribution in [0, 0.1) is 11.7 Å². The van der Waals surface area contributed by atoms with Crippen LogP contribution >= 0.6 is 0 Å². The van der Waals surface area contributed by atoms with Crippen molar-refractivity contribution in [3.05, 3.63) is 54.6 Å². The van der Waals surface area contributed by atoms with Gasteiger partial charge in [-0.05, 0) is 37.0 Å². The van der Waals surface area contributed by atoms with Gasteiger partial charge in [0.05, 0.1) is 42.2 Å². The molecule has 13 heteroatoms. The van der Waals surface area contributed by atoms with E-state index >= 15 is 4.39 Å². The summed E-state index contributed by atoms with van der Waals surface area (Å²) in [5.41, 5.74) is 9.94. The number of aryl methyl sites for hydroxylation is 1. The molecule has 1 aliphatic heterocycles. The Hall–Kier alpha value is -4.26. The molecule has 2 fully saturated rings. The molecule has 4 aromatic heterocycles. The topological polar surface area (TPSA) is 124 Å². The monoisotopic (exact) mass is 563 g/mol. The fourth-order valence-electron chi connectivity index (χ4n) is 6.52. The molecular weight excluding hydrogens is 535 g/mol. The minimum atomic E-state index is -3.10. The molecule has 1 saturated carbocycles. The number of pyridine rings is 1. The average Bonchev–Trinajstić information content (AvgIpc) is 3.54. The second-order valence-electron chi connectivity index (χ2n) is 11.0. The van der Waals surface area contributed by atoms with Crippen molar-refractivity contribution in [3.63, 3.8) is 0 Å². The number of nitrogens with two attached hydrogens (primary N) is 1. The lowest BCUT2D eigenvalue weighted by atomic mass is 9.74. The van der Waals surface area contributed by atoms with Gasteiger partial charge >= 0.3 is 0 Å². The van der Waals surface area contributed by atoms with Gasteiger partial charge in [0.25, 0.3) is 5.92 Å². The van der Waals surface area contributed by atoms with Crippen molar-refractivity contribution in [2.24, 2.45) is 13.0 Å². The van der Waals surface area contributed by atoms with E-state index < -0.39 is 23.8 Å². The van der Waals surface area contributed by atoms with Gasteiger partial charge in [-0.3, -0.25) is 9.67 Å². The number of imidazole rings is 1. The molecule has 2 unspecified atom stereocenters. The molecule has 1 saturated heterocycles. The molecule has 3 N–H and O–H groups in total. The van der Waals surface area contributed by atoms with E-state index in [4.69, 9.17) is 5.73 Å². The van der Waals surface area contributed by atoms with Crippen molar-refractivity contribution >= 4 is 33.6 Å². The van der Waals surface area contributed by atoms with Crippen LogP contribution in [-0.4, -0.2) is 64.0 Å². The van der Waals surface area contributed by atoms with Gasteiger partial charge in [-0.15, -0.1) is 0 Å². The summed E-state index contributed by atoms with van der Waals surface area (Å²) in [5.74, 6) is -3.84. The van der Waals surface area contributed by atoms with E-state index in [9.17, 15) is 13.9 Å². The minimum absolute atomic E-state index is 0.250. The molecule has 41 heavy (non-hydrogen) atoms. The van der Waals surface area contributed by atoms with Crippen LogP contribution in [0.15, 0.2) is 43.2 Å². The van der Waals surface area contributed by atoms with E-state index in [1.165, 1.54) is 12.4 Å². The molecule has 1 aromatic carbocycles. The quantitative estimate of drug-likeness (QED) is 0.337. The first kappa shape index (κ1) is 25.7. The number of hydrogen-bond acceptors (Lipinski definition) is 8. The number of hydrogen-bond donors (Lipinski definition) is 2. The molecule has 2 aliphatic rings. The van der Waals surface area contributed by atoms with Gasteiger partial charge in [-0.25, -0.2) is 28.1 Å². The number of alkyl halides is 2. The molecule has 5 aromatic rings. The number of aliphatic hydroxyl groups is 1. The van der Waals surface area contributed by atoms with Crippen LogP contribution in [0.25, 0.3) is 33.3 Å². The maximum Gasteiger partial charge on any atom is 0.273 e. The largest absolute Gasteiger partial charge is 0.386 e. The third-order valence-corrected chi connectivity index (χ3v) is 8.60. The fourth-order valence-corrected chi connectivity index (χ4v) is 6.52. The number of anilines is 2. The van der Waals surface area contributed by atoms with Crippen molar-refractivity contribution in [2.75, 3.05) is 17.2 Å². The summed E-state index contributed by atoms with van der Waals surface area (Å²) >= 11 is 0. The Bertz CT molecular complexity index is 1780. The van der Waals surface area contributed by atoms with E-state index in [2.05, 4.69) is 29.9 Å². The maximum atomic E-state index is 15.4. The summed E-state index contributed by atoms with van der Waals surface area (Å²) in [6.07, 6.45) is 5.69. The number of nitrogen functional groups attached to an aromatic ring is 1. The molecule has 0 radical (unpaired) electrons. The normalized spacial score (nSPS) is 22.4. The van der Waals surface area contributed by atoms with Gasteiger partial charge in [0, 0.05) is 49.0 Å². The van der Waals surface area contributed by atoms with Crippen LogP contribution in [0.2, 0.25) is 0 Å². The summed E-state index contributed by atoms with van der Waals surface area (Å²) in [6, 6.07) is 4.71. The number of fused-ring (bicyclic) bond motifs is 3. The second-order valence-corrected chi connectivity index (χ2v) is 11.0. The number of benzene rings is 1. The van der Waals surface area contributed by atoms with Crippen LogP contribution in [0.5, 0.6) is 0 Å². The Kier molecular flexibility index (Phi) is 5.89. The lowest BCUT2D eigenvalue weighted by molar-refractivity contribution is -0.163. The van der Waals surface area contributed by atoms with E-state index in [0.29, 0.717) is 53.9 Å². The van der Waals surface area contributed by atoms with Crippen molar-refractivity contribution in [1.82, 2.24) is 34.3 Å². The van der Waals surface area contributed by atoms with Gasteiger partial charge in [0.2, 0.25) is 0 Å². The molecule has 0 amide bonds. The summed E-state index contributed by atoms with van der Waals surface area (Å²) in [4.78, 5) is 19.5. The third kappa shape index (κ3) is 4.17. The van der Waals surface area contributed by atoms with Crippen LogP contribution < -0.4 is 10.6 Å². The average molecular weight is 564 g/mol. The smallest absolute Gasteiger partial charge is 0.273 e. The van der Waals surface area contributed by atoms with Crippen LogP contribution in [0.4, 0.5) is 24.7 Å². The number of piperidine rings is 1. The van der Waals surface area contributed by atoms with Gasteiger partial charge in [0.1, 0.15) is 23.8 Å². The predicted molar refractivity (Wildman–Crippen MR) is 147 cm³/mol. The Morgan fingerprint density at radius 1 is 1.10 bits per heavy atom. The van der Waals surface area contributed by atoms with Gasteiger partial charge < -0.3 is 20.3 Å². The van der Waals surface area contributed by atoms with Crippen LogP contribution in [0.1, 0.15) is 31.2 Å². The summed E-state index contributed by atoms with van der Waals surface area (Å²) in [5, 5.41) is 15.5. The highest BCUT2D eigenvalue weighted by molar-refractivity contribution is 5.85.